The number of hydrogen-bond donors (Lipinski definition) is 0. The second-order valence-corrected chi connectivity index (χ2v) is 6.02. The summed E-state index contributed by atoms with van der Waals surface area (Å²) in [5.41, 5.74) is 1.42. The number of methoxy groups -OCH3 is 2. The Labute approximate surface area is 149 Å². The van der Waals surface area contributed by atoms with Crippen LogP contribution in [0.2, 0.25) is 0 Å². The average Bonchev–Trinajstić information content (AvgIpc) is 2.86. The van der Waals surface area contributed by atoms with E-state index in [9.17, 15) is 9.59 Å². The van der Waals surface area contributed by atoms with Crippen molar-refractivity contribution in [2.24, 2.45) is 0 Å². The second-order valence-electron chi connectivity index (χ2n) is 6.02. The smallest absolute Gasteiger partial charge is 0.254 e. The summed E-state index contributed by atoms with van der Waals surface area (Å²) in [5, 5.41) is 0. The van der Waals surface area contributed by atoms with E-state index in [1.54, 1.807) is 43.1 Å². The summed E-state index contributed by atoms with van der Waals surface area (Å²) in [7, 11) is 3.14. The van der Waals surface area contributed by atoms with Gasteiger partial charge < -0.3 is 19.3 Å². The Bertz CT molecular complexity index is 657. The van der Waals surface area contributed by atoms with Crippen molar-refractivity contribution in [1.82, 2.24) is 9.80 Å². The Morgan fingerprint density at radius 3 is 2.40 bits per heavy atom. The van der Waals surface area contributed by atoms with Crippen molar-refractivity contribution in [1.29, 1.82) is 0 Å². The second kappa shape index (κ2) is 8.55. The van der Waals surface area contributed by atoms with Crippen LogP contribution < -0.4 is 9.47 Å². The fourth-order valence-electron chi connectivity index (χ4n) is 3.09. The zero-order chi connectivity index (χ0) is 18.4. The molecule has 2 rings (SSSR count). The van der Waals surface area contributed by atoms with Crippen LogP contribution in [0.5, 0.6) is 11.5 Å². The molecule has 1 heterocycles. The van der Waals surface area contributed by atoms with E-state index in [-0.39, 0.29) is 11.8 Å². The highest BCUT2D eigenvalue weighted by Crippen LogP contribution is 2.33. The highest BCUT2D eigenvalue weighted by molar-refractivity contribution is 5.95. The largest absolute Gasteiger partial charge is 0.493 e. The molecule has 0 aliphatic carbocycles. The van der Waals surface area contributed by atoms with Crippen molar-refractivity contribution >= 4 is 11.8 Å². The predicted octanol–water partition coefficient (Wildman–Crippen LogP) is 2.13. The lowest BCUT2D eigenvalue weighted by Crippen LogP contribution is -2.36. The molecule has 0 radical (unpaired) electrons. The highest BCUT2D eigenvalue weighted by atomic mass is 16.5. The number of carbonyl (C=O) groups is 2. The van der Waals surface area contributed by atoms with E-state index in [4.69, 9.17) is 9.47 Å². The van der Waals surface area contributed by atoms with Crippen LogP contribution in [0.1, 0.15) is 29.3 Å². The number of benzene rings is 1. The topological polar surface area (TPSA) is 59.1 Å². The molecule has 1 aliphatic rings. The zero-order valence-corrected chi connectivity index (χ0v) is 15.2. The Balaban J connectivity index is 2.27. The first-order valence-electron chi connectivity index (χ1n) is 8.42. The molecular weight excluding hydrogens is 320 g/mol. The van der Waals surface area contributed by atoms with Gasteiger partial charge in [-0.1, -0.05) is 6.08 Å². The SMILES string of the molecule is C=CCc1cc(C(=O)N2CCCN(C(C)=O)CC2)cc(OC)c1OC. The number of ether oxygens (including phenoxy) is 2. The lowest BCUT2D eigenvalue weighted by atomic mass is 10.0. The van der Waals surface area contributed by atoms with Gasteiger partial charge in [0.1, 0.15) is 0 Å². The molecule has 1 fully saturated rings. The van der Waals surface area contributed by atoms with Gasteiger partial charge in [0.05, 0.1) is 14.2 Å². The van der Waals surface area contributed by atoms with Gasteiger partial charge in [-0.15, -0.1) is 6.58 Å². The maximum absolute atomic E-state index is 13.0. The van der Waals surface area contributed by atoms with Gasteiger partial charge in [-0.25, -0.2) is 0 Å². The minimum Gasteiger partial charge on any atom is -0.493 e. The lowest BCUT2D eigenvalue weighted by Gasteiger charge is -2.22. The van der Waals surface area contributed by atoms with Crippen molar-refractivity contribution in [2.75, 3.05) is 40.4 Å². The predicted molar refractivity (Wildman–Crippen MR) is 96.2 cm³/mol. The van der Waals surface area contributed by atoms with Crippen LogP contribution in [0.25, 0.3) is 0 Å². The van der Waals surface area contributed by atoms with E-state index in [0.29, 0.717) is 49.7 Å². The molecule has 6 heteroatoms. The van der Waals surface area contributed by atoms with Crippen molar-refractivity contribution in [3.8, 4) is 11.5 Å². The maximum Gasteiger partial charge on any atom is 0.254 e. The van der Waals surface area contributed by atoms with Crippen LogP contribution in [-0.2, 0) is 11.2 Å². The Morgan fingerprint density at radius 2 is 1.80 bits per heavy atom. The first-order valence-corrected chi connectivity index (χ1v) is 8.42. The third-order valence-electron chi connectivity index (χ3n) is 4.40. The Morgan fingerprint density at radius 1 is 1.12 bits per heavy atom. The molecule has 1 aromatic rings. The molecule has 0 N–H and O–H groups in total. The van der Waals surface area contributed by atoms with E-state index < -0.39 is 0 Å². The molecule has 6 nitrogen and oxygen atoms in total. The lowest BCUT2D eigenvalue weighted by molar-refractivity contribution is -0.128. The van der Waals surface area contributed by atoms with Crippen LogP contribution in [0.3, 0.4) is 0 Å². The normalized spacial score (nSPS) is 14.7. The van der Waals surface area contributed by atoms with Gasteiger partial charge in [-0.3, -0.25) is 9.59 Å². The van der Waals surface area contributed by atoms with Gasteiger partial charge in [-0.2, -0.15) is 0 Å². The third-order valence-corrected chi connectivity index (χ3v) is 4.40. The molecule has 25 heavy (non-hydrogen) atoms. The third kappa shape index (κ3) is 4.32. The summed E-state index contributed by atoms with van der Waals surface area (Å²) >= 11 is 0. The van der Waals surface area contributed by atoms with Crippen LogP contribution in [0, 0.1) is 0 Å². The van der Waals surface area contributed by atoms with Crippen LogP contribution in [-0.4, -0.2) is 62.0 Å². The molecule has 0 atom stereocenters. The van der Waals surface area contributed by atoms with Crippen molar-refractivity contribution in [3.63, 3.8) is 0 Å². The number of amides is 2. The molecule has 0 saturated carbocycles. The monoisotopic (exact) mass is 346 g/mol. The summed E-state index contributed by atoms with van der Waals surface area (Å²) < 4.78 is 10.8. The van der Waals surface area contributed by atoms with Gasteiger partial charge in [0.25, 0.3) is 5.91 Å². The molecule has 0 bridgehead atoms. The standard InChI is InChI=1S/C19H26N2O4/c1-5-7-15-12-16(13-17(24-3)18(15)25-4)19(23)21-9-6-8-20(10-11-21)14(2)22/h5,12-13H,1,6-11H2,2-4H3. The zero-order valence-electron chi connectivity index (χ0n) is 15.2. The summed E-state index contributed by atoms with van der Waals surface area (Å²) in [6.07, 6.45) is 3.12. The molecule has 1 aliphatic heterocycles. The van der Waals surface area contributed by atoms with E-state index in [1.165, 1.54) is 0 Å². The number of allylic oxidation sites excluding steroid dienone is 1. The fraction of sp³-hybridized carbons (Fsp3) is 0.474. The molecule has 0 unspecified atom stereocenters. The highest BCUT2D eigenvalue weighted by Gasteiger charge is 2.23. The summed E-state index contributed by atoms with van der Waals surface area (Å²) in [5.74, 6) is 1.15. The number of nitrogens with zero attached hydrogens (tertiary/aromatic N) is 2. The van der Waals surface area contributed by atoms with E-state index in [0.717, 1.165) is 12.0 Å². The van der Waals surface area contributed by atoms with Gasteiger partial charge in [0.2, 0.25) is 5.91 Å². The van der Waals surface area contributed by atoms with E-state index >= 15 is 0 Å². The number of carbonyl (C=O) groups excluding carboxylic acids is 2. The van der Waals surface area contributed by atoms with Crippen LogP contribution >= 0.6 is 0 Å². The van der Waals surface area contributed by atoms with Crippen molar-refractivity contribution < 1.29 is 19.1 Å². The molecule has 1 saturated heterocycles. The molecule has 0 aromatic heterocycles. The number of rotatable bonds is 5. The van der Waals surface area contributed by atoms with Crippen molar-refractivity contribution in [3.05, 3.63) is 35.9 Å². The summed E-state index contributed by atoms with van der Waals surface area (Å²) in [6.45, 7) is 7.74. The maximum atomic E-state index is 13.0. The first-order chi connectivity index (χ1) is 12.0. The molecule has 0 spiro atoms. The van der Waals surface area contributed by atoms with Crippen molar-refractivity contribution in [2.45, 2.75) is 19.8 Å². The van der Waals surface area contributed by atoms with Gasteiger partial charge >= 0.3 is 0 Å². The summed E-state index contributed by atoms with van der Waals surface area (Å²) in [4.78, 5) is 28.1. The average molecular weight is 346 g/mol. The fourth-order valence-corrected chi connectivity index (χ4v) is 3.09. The Kier molecular flexibility index (Phi) is 6.44. The molecule has 1 aromatic carbocycles. The minimum atomic E-state index is -0.0586. The first kappa shape index (κ1) is 18.8. The van der Waals surface area contributed by atoms with Crippen LogP contribution in [0.4, 0.5) is 0 Å². The molecule has 136 valence electrons. The minimum absolute atomic E-state index is 0.0497. The Hall–Kier alpha value is -2.50. The van der Waals surface area contributed by atoms with Gasteiger partial charge in [0.15, 0.2) is 11.5 Å². The van der Waals surface area contributed by atoms with Gasteiger partial charge in [-0.05, 0) is 25.0 Å². The quantitative estimate of drug-likeness (QED) is 0.767. The molecular formula is C19H26N2O4. The van der Waals surface area contributed by atoms with Gasteiger partial charge in [0, 0.05) is 44.2 Å². The molecule has 2 amide bonds. The van der Waals surface area contributed by atoms with Crippen LogP contribution in [0.15, 0.2) is 24.8 Å². The summed E-state index contributed by atoms with van der Waals surface area (Å²) in [6, 6.07) is 3.54. The number of hydrogen-bond acceptors (Lipinski definition) is 4. The van der Waals surface area contributed by atoms with E-state index in [1.807, 2.05) is 6.07 Å². The van der Waals surface area contributed by atoms with E-state index in [2.05, 4.69) is 6.58 Å².